The first-order chi connectivity index (χ1) is 33.0. The molecule has 0 radical (unpaired) electrons. The Hall–Kier alpha value is -3.41. The van der Waals surface area contributed by atoms with Crippen LogP contribution >= 0.6 is 0 Å². The van der Waals surface area contributed by atoms with Crippen molar-refractivity contribution in [2.45, 2.75) is 271 Å². The van der Waals surface area contributed by atoms with E-state index in [2.05, 4.69) is 106 Å². The zero-order chi connectivity index (χ0) is 48.6. The summed E-state index contributed by atoms with van der Waals surface area (Å²) in [6, 6.07) is 0. The van der Waals surface area contributed by atoms with Gasteiger partial charge in [-0.1, -0.05) is 241 Å². The van der Waals surface area contributed by atoms with Crippen LogP contribution in [0, 0.1) is 0 Å². The van der Waals surface area contributed by atoms with Crippen LogP contribution in [0.15, 0.2) is 85.1 Å². The highest BCUT2D eigenvalue weighted by Gasteiger charge is 2.19. The van der Waals surface area contributed by atoms with Crippen LogP contribution < -0.4 is 0 Å². The van der Waals surface area contributed by atoms with Crippen molar-refractivity contribution >= 4 is 17.9 Å². The van der Waals surface area contributed by atoms with Gasteiger partial charge in [-0.3, -0.25) is 14.4 Å². The number of unbranched alkanes of at least 4 members (excludes halogenated alkanes) is 25. The number of carbonyl (C=O) groups is 3. The topological polar surface area (TPSA) is 78.9 Å². The predicted octanol–water partition coefficient (Wildman–Crippen LogP) is 18.8. The molecule has 0 unspecified atom stereocenters. The van der Waals surface area contributed by atoms with Crippen LogP contribution in [-0.4, -0.2) is 37.2 Å². The number of allylic oxidation sites excluding steroid dienone is 14. The molecule has 0 aromatic rings. The fraction of sp³-hybridized carbons (Fsp3) is 0.721. The van der Waals surface area contributed by atoms with Gasteiger partial charge in [-0.15, -0.1) is 0 Å². The summed E-state index contributed by atoms with van der Waals surface area (Å²) in [4.78, 5) is 38.1. The minimum Gasteiger partial charge on any atom is -0.462 e. The number of hydrogen-bond donors (Lipinski definition) is 0. The molecule has 0 rings (SSSR count). The van der Waals surface area contributed by atoms with Gasteiger partial charge >= 0.3 is 17.9 Å². The molecule has 0 aromatic heterocycles. The smallest absolute Gasteiger partial charge is 0.306 e. The third-order valence-corrected chi connectivity index (χ3v) is 11.9. The highest BCUT2D eigenvalue weighted by Crippen LogP contribution is 2.15. The number of carbonyl (C=O) groups excluding carboxylic acids is 3. The van der Waals surface area contributed by atoms with Crippen molar-refractivity contribution in [3.63, 3.8) is 0 Å². The Morgan fingerprint density at radius 3 is 0.985 bits per heavy atom. The molecule has 0 bridgehead atoms. The second-order valence-electron chi connectivity index (χ2n) is 18.5. The molecule has 0 aliphatic heterocycles. The van der Waals surface area contributed by atoms with Crippen molar-refractivity contribution in [3.8, 4) is 0 Å². The highest BCUT2D eigenvalue weighted by atomic mass is 16.6. The lowest BCUT2D eigenvalue weighted by molar-refractivity contribution is -0.167. The fourth-order valence-electron chi connectivity index (χ4n) is 7.68. The Balaban J connectivity index is 4.48. The van der Waals surface area contributed by atoms with Gasteiger partial charge in [-0.25, -0.2) is 0 Å². The first-order valence-corrected chi connectivity index (χ1v) is 28.1. The Morgan fingerprint density at radius 2 is 0.597 bits per heavy atom. The Bertz CT molecular complexity index is 1300. The van der Waals surface area contributed by atoms with Crippen LogP contribution in [0.5, 0.6) is 0 Å². The lowest BCUT2D eigenvalue weighted by atomic mass is 10.0. The third-order valence-electron chi connectivity index (χ3n) is 11.9. The summed E-state index contributed by atoms with van der Waals surface area (Å²) in [5, 5.41) is 0. The van der Waals surface area contributed by atoms with Crippen LogP contribution in [0.2, 0.25) is 0 Å². The number of esters is 3. The Kier molecular flexibility index (Phi) is 52.4. The monoisotopic (exact) mass is 933 g/mol. The molecule has 0 aliphatic rings. The summed E-state index contributed by atoms with van der Waals surface area (Å²) >= 11 is 0. The van der Waals surface area contributed by atoms with Gasteiger partial charge in [0.15, 0.2) is 6.10 Å². The van der Waals surface area contributed by atoms with Gasteiger partial charge in [0.2, 0.25) is 0 Å². The van der Waals surface area contributed by atoms with Crippen LogP contribution in [0.25, 0.3) is 0 Å². The summed E-state index contributed by atoms with van der Waals surface area (Å²) < 4.78 is 16.8. The van der Waals surface area contributed by atoms with E-state index in [-0.39, 0.29) is 37.5 Å². The Morgan fingerprint density at radius 1 is 0.313 bits per heavy atom. The number of ether oxygens (including phenoxy) is 3. The molecule has 0 saturated carbocycles. The minimum atomic E-state index is -0.811. The fourth-order valence-corrected chi connectivity index (χ4v) is 7.68. The van der Waals surface area contributed by atoms with Gasteiger partial charge in [-0.2, -0.15) is 0 Å². The molecular formula is C61H104O6. The largest absolute Gasteiger partial charge is 0.462 e. The summed E-state index contributed by atoms with van der Waals surface area (Å²) in [7, 11) is 0. The van der Waals surface area contributed by atoms with E-state index in [4.69, 9.17) is 14.2 Å². The molecule has 0 N–H and O–H groups in total. The molecule has 6 nitrogen and oxygen atoms in total. The first-order valence-electron chi connectivity index (χ1n) is 28.1. The molecule has 1 atom stereocenters. The molecule has 0 fully saturated rings. The third kappa shape index (κ3) is 53.4. The molecule has 0 aliphatic carbocycles. The van der Waals surface area contributed by atoms with Crippen molar-refractivity contribution in [2.24, 2.45) is 0 Å². The summed E-state index contributed by atoms with van der Waals surface area (Å²) in [6.07, 6.45) is 71.5. The van der Waals surface area contributed by atoms with Gasteiger partial charge in [-0.05, 0) is 89.9 Å². The molecule has 6 heteroatoms. The van der Waals surface area contributed by atoms with Gasteiger partial charge in [0.05, 0.1) is 0 Å². The average molecular weight is 933 g/mol. The molecule has 0 aromatic carbocycles. The molecule has 0 spiro atoms. The van der Waals surface area contributed by atoms with Crippen LogP contribution in [0.3, 0.4) is 0 Å². The van der Waals surface area contributed by atoms with Crippen molar-refractivity contribution in [3.05, 3.63) is 85.1 Å². The van der Waals surface area contributed by atoms with E-state index in [1.807, 2.05) is 0 Å². The van der Waals surface area contributed by atoms with Crippen molar-refractivity contribution in [1.29, 1.82) is 0 Å². The van der Waals surface area contributed by atoms with Gasteiger partial charge in [0.1, 0.15) is 13.2 Å². The van der Waals surface area contributed by atoms with E-state index in [1.165, 1.54) is 116 Å². The maximum Gasteiger partial charge on any atom is 0.306 e. The molecule has 0 saturated heterocycles. The van der Waals surface area contributed by atoms with Crippen molar-refractivity contribution < 1.29 is 28.6 Å². The quantitative estimate of drug-likeness (QED) is 0.0262. The maximum absolute atomic E-state index is 12.8. The van der Waals surface area contributed by atoms with Crippen LogP contribution in [0.4, 0.5) is 0 Å². The first kappa shape index (κ1) is 63.6. The van der Waals surface area contributed by atoms with Crippen LogP contribution in [-0.2, 0) is 28.6 Å². The van der Waals surface area contributed by atoms with Crippen molar-refractivity contribution in [2.75, 3.05) is 13.2 Å². The van der Waals surface area contributed by atoms with E-state index >= 15 is 0 Å². The predicted molar refractivity (Wildman–Crippen MR) is 288 cm³/mol. The van der Waals surface area contributed by atoms with E-state index < -0.39 is 6.10 Å². The average Bonchev–Trinajstić information content (AvgIpc) is 3.33. The lowest BCUT2D eigenvalue weighted by Crippen LogP contribution is -2.30. The van der Waals surface area contributed by atoms with E-state index in [0.717, 1.165) is 103 Å². The van der Waals surface area contributed by atoms with E-state index in [9.17, 15) is 14.4 Å². The lowest BCUT2D eigenvalue weighted by Gasteiger charge is -2.18. The summed E-state index contributed by atoms with van der Waals surface area (Å²) in [6.45, 7) is 6.46. The van der Waals surface area contributed by atoms with Crippen molar-refractivity contribution in [1.82, 2.24) is 0 Å². The summed E-state index contributed by atoms with van der Waals surface area (Å²) in [5.41, 5.74) is 0. The molecule has 384 valence electrons. The van der Waals surface area contributed by atoms with Gasteiger partial charge in [0.25, 0.3) is 0 Å². The van der Waals surface area contributed by atoms with E-state index in [0.29, 0.717) is 19.3 Å². The standard InChI is InChI=1S/C61H104O6/c1-4-7-10-13-16-19-22-25-28-30-33-36-39-42-45-48-51-54-60(63)66-57-58(56-65-59(62)53-50-47-44-41-38-35-32-27-24-21-18-15-12-9-6-3)67-61(64)55-52-49-46-43-40-37-34-31-29-26-23-20-17-14-11-8-5-2/h8,11,17-18,20-21,26-27,29,32,34,37,43,46,58H,4-7,9-10,12-16,19,22-25,28,30-31,33,35-36,38-42,44-45,47-57H2,1-3H3/b11-8-,20-17-,21-18-,29-26-,32-27-,37-34-,46-43-/t58-/m1/s1. The molecule has 0 heterocycles. The number of rotatable bonds is 50. The zero-order valence-electron chi connectivity index (χ0n) is 43.9. The minimum absolute atomic E-state index is 0.102. The van der Waals surface area contributed by atoms with Gasteiger partial charge in [0, 0.05) is 19.3 Å². The van der Waals surface area contributed by atoms with Gasteiger partial charge < -0.3 is 14.2 Å². The van der Waals surface area contributed by atoms with Crippen LogP contribution in [0.1, 0.15) is 265 Å². The maximum atomic E-state index is 12.8. The Labute approximate surface area is 414 Å². The number of hydrogen-bond acceptors (Lipinski definition) is 6. The normalized spacial score (nSPS) is 12.7. The molecular weight excluding hydrogens is 829 g/mol. The second-order valence-corrected chi connectivity index (χ2v) is 18.5. The SMILES string of the molecule is CC/C=C\C/C=C\C/C=C\C/C=C\C/C=C\CCCC(=O)O[C@H](COC(=O)CCCCCCC/C=C\C/C=C\CCCCC)COC(=O)CCCCCCCCCCCCCCCCCCC. The van der Waals surface area contributed by atoms with E-state index in [1.54, 1.807) is 0 Å². The molecule has 67 heavy (non-hydrogen) atoms. The molecule has 0 amide bonds. The summed E-state index contributed by atoms with van der Waals surface area (Å²) in [5.74, 6) is -0.969. The second kappa shape index (κ2) is 55.2. The zero-order valence-corrected chi connectivity index (χ0v) is 43.9. The highest BCUT2D eigenvalue weighted by molar-refractivity contribution is 5.71.